The summed E-state index contributed by atoms with van der Waals surface area (Å²) >= 11 is 0. The van der Waals surface area contributed by atoms with E-state index in [2.05, 4.69) is 10.3 Å². The van der Waals surface area contributed by atoms with Crippen LogP contribution in [0.5, 0.6) is 0 Å². The number of nitrogens with one attached hydrogen (secondary N) is 1. The van der Waals surface area contributed by atoms with Crippen molar-refractivity contribution in [3.05, 3.63) is 83.7 Å². The van der Waals surface area contributed by atoms with E-state index in [-0.39, 0.29) is 35.6 Å². The molecule has 0 unspecified atom stereocenters. The molecule has 2 aromatic carbocycles. The first-order valence-electron chi connectivity index (χ1n) is 10.9. The average molecular weight is 471 g/mol. The lowest BCUT2D eigenvalue weighted by atomic mass is 9.96. The Morgan fingerprint density at radius 3 is 2.30 bits per heavy atom. The number of halogens is 1. The maximum absolute atomic E-state index is 13.4. The molecular weight excluding hydrogens is 443 g/mol. The second-order valence-electron chi connectivity index (χ2n) is 8.38. The van der Waals surface area contributed by atoms with Crippen LogP contribution in [0.15, 0.2) is 65.8 Å². The molecule has 0 aliphatic carbocycles. The van der Waals surface area contributed by atoms with Gasteiger partial charge < -0.3 is 9.88 Å². The van der Waals surface area contributed by atoms with Crippen molar-refractivity contribution in [2.24, 2.45) is 13.0 Å². The second-order valence-corrected chi connectivity index (χ2v) is 10.3. The number of nitrogens with zero attached hydrogens (tertiary/aromatic N) is 3. The third-order valence-corrected chi connectivity index (χ3v) is 8.00. The maximum Gasteiger partial charge on any atom is 0.243 e. The van der Waals surface area contributed by atoms with Crippen molar-refractivity contribution >= 4 is 15.9 Å². The van der Waals surface area contributed by atoms with E-state index in [0.717, 1.165) is 11.1 Å². The minimum absolute atomic E-state index is 0.167. The summed E-state index contributed by atoms with van der Waals surface area (Å²) in [4.78, 5) is 17.8. The molecule has 0 spiro atoms. The van der Waals surface area contributed by atoms with Crippen LogP contribution in [0.25, 0.3) is 0 Å². The number of aryl methyl sites for hydroxylation is 2. The molecule has 1 atom stereocenters. The molecule has 1 amide bonds. The highest BCUT2D eigenvalue weighted by Gasteiger charge is 2.33. The number of amides is 1. The van der Waals surface area contributed by atoms with Crippen molar-refractivity contribution in [3.8, 4) is 0 Å². The Hall–Kier alpha value is -3.04. The molecule has 33 heavy (non-hydrogen) atoms. The summed E-state index contributed by atoms with van der Waals surface area (Å²) in [6.07, 6.45) is 4.28. The van der Waals surface area contributed by atoms with E-state index in [1.165, 1.54) is 16.4 Å². The number of hydrogen-bond donors (Lipinski definition) is 1. The average Bonchev–Trinajstić information content (AvgIpc) is 3.24. The topological polar surface area (TPSA) is 84.3 Å². The molecule has 0 saturated carbocycles. The van der Waals surface area contributed by atoms with Crippen molar-refractivity contribution in [1.82, 2.24) is 19.2 Å². The number of sulfonamides is 1. The highest BCUT2D eigenvalue weighted by atomic mass is 32.2. The first-order valence-corrected chi connectivity index (χ1v) is 12.3. The number of rotatable bonds is 6. The zero-order chi connectivity index (χ0) is 23.6. The summed E-state index contributed by atoms with van der Waals surface area (Å²) in [6.45, 7) is 2.46. The van der Waals surface area contributed by atoms with Gasteiger partial charge in [0.1, 0.15) is 17.7 Å². The van der Waals surface area contributed by atoms with E-state index < -0.39 is 16.1 Å². The molecule has 174 valence electrons. The molecule has 1 N–H and O–H groups in total. The van der Waals surface area contributed by atoms with Gasteiger partial charge in [-0.25, -0.2) is 17.8 Å². The van der Waals surface area contributed by atoms with Gasteiger partial charge in [-0.2, -0.15) is 4.31 Å². The lowest BCUT2D eigenvalue weighted by Gasteiger charge is -2.31. The van der Waals surface area contributed by atoms with Crippen molar-refractivity contribution in [1.29, 1.82) is 0 Å². The number of hydrogen-bond acceptors (Lipinski definition) is 4. The summed E-state index contributed by atoms with van der Waals surface area (Å²) < 4.78 is 42.6. The molecule has 1 aliphatic heterocycles. The number of carbonyl (C=O) groups is 1. The normalized spacial score (nSPS) is 16.5. The molecule has 2 heterocycles. The largest absolute Gasteiger partial charge is 0.342 e. The number of imidazole rings is 1. The van der Waals surface area contributed by atoms with Gasteiger partial charge >= 0.3 is 0 Å². The summed E-state index contributed by atoms with van der Waals surface area (Å²) in [5.74, 6) is -0.211. The van der Waals surface area contributed by atoms with Crippen molar-refractivity contribution in [2.75, 3.05) is 13.1 Å². The van der Waals surface area contributed by atoms with Gasteiger partial charge in [-0.1, -0.05) is 29.8 Å². The van der Waals surface area contributed by atoms with Gasteiger partial charge in [-0.3, -0.25) is 4.79 Å². The van der Waals surface area contributed by atoms with Crippen LogP contribution in [0.1, 0.15) is 35.8 Å². The smallest absolute Gasteiger partial charge is 0.243 e. The summed E-state index contributed by atoms with van der Waals surface area (Å²) in [7, 11) is -1.75. The molecule has 0 radical (unpaired) electrons. The van der Waals surface area contributed by atoms with Gasteiger partial charge in [0.15, 0.2) is 0 Å². The van der Waals surface area contributed by atoms with Crippen molar-refractivity contribution in [2.45, 2.75) is 30.7 Å². The predicted octanol–water partition coefficient (Wildman–Crippen LogP) is 3.17. The molecule has 7 nitrogen and oxygen atoms in total. The van der Waals surface area contributed by atoms with Gasteiger partial charge in [0.25, 0.3) is 0 Å². The lowest BCUT2D eigenvalue weighted by Crippen LogP contribution is -2.44. The third kappa shape index (κ3) is 4.99. The van der Waals surface area contributed by atoms with Crippen LogP contribution >= 0.6 is 0 Å². The minimum atomic E-state index is -3.59. The van der Waals surface area contributed by atoms with E-state index in [1.54, 1.807) is 48.8 Å². The van der Waals surface area contributed by atoms with Crippen LogP contribution in [-0.2, 0) is 21.9 Å². The standard InChI is InChI=1S/C24H27FN4O3S/c1-17-3-9-21(10-4-17)33(31,32)29-14-11-19(12-15-29)24(30)27-22(23-26-13-16-28(23)2)18-5-7-20(25)8-6-18/h3-10,13,16,19,22H,11-12,14-15H2,1-2H3,(H,27,30)/t22-/m0/s1. The predicted molar refractivity (Wildman–Crippen MR) is 122 cm³/mol. The summed E-state index contributed by atoms with van der Waals surface area (Å²) in [6, 6.07) is 12.2. The highest BCUT2D eigenvalue weighted by molar-refractivity contribution is 7.89. The second kappa shape index (κ2) is 9.44. The fraction of sp³-hybridized carbons (Fsp3) is 0.333. The molecular formula is C24H27FN4O3S. The van der Waals surface area contributed by atoms with Crippen LogP contribution in [0.2, 0.25) is 0 Å². The Labute approximate surface area is 193 Å². The van der Waals surface area contributed by atoms with Gasteiger partial charge in [0, 0.05) is 38.4 Å². The quantitative estimate of drug-likeness (QED) is 0.600. The van der Waals surface area contributed by atoms with Crippen LogP contribution < -0.4 is 5.32 Å². The van der Waals surface area contributed by atoms with E-state index >= 15 is 0 Å². The first kappa shape index (κ1) is 23.1. The Bertz CT molecular complexity index is 1220. The van der Waals surface area contributed by atoms with E-state index in [9.17, 15) is 17.6 Å². The fourth-order valence-electron chi connectivity index (χ4n) is 4.09. The number of aromatic nitrogens is 2. The number of benzene rings is 2. The molecule has 1 fully saturated rings. The van der Waals surface area contributed by atoms with Crippen molar-refractivity contribution in [3.63, 3.8) is 0 Å². The molecule has 1 aliphatic rings. The Morgan fingerprint density at radius 1 is 1.09 bits per heavy atom. The Morgan fingerprint density at radius 2 is 1.73 bits per heavy atom. The van der Waals surface area contributed by atoms with Crippen LogP contribution in [0, 0.1) is 18.7 Å². The molecule has 1 aromatic heterocycles. The van der Waals surface area contributed by atoms with E-state index in [0.29, 0.717) is 18.7 Å². The lowest BCUT2D eigenvalue weighted by molar-refractivity contribution is -0.126. The first-order chi connectivity index (χ1) is 15.8. The minimum Gasteiger partial charge on any atom is -0.342 e. The van der Waals surface area contributed by atoms with Crippen LogP contribution in [0.3, 0.4) is 0 Å². The van der Waals surface area contributed by atoms with Crippen LogP contribution in [-0.4, -0.2) is 41.3 Å². The fourth-order valence-corrected chi connectivity index (χ4v) is 5.55. The van der Waals surface area contributed by atoms with Crippen molar-refractivity contribution < 1.29 is 17.6 Å². The van der Waals surface area contributed by atoms with E-state index in [1.807, 2.05) is 18.5 Å². The molecule has 3 aromatic rings. The Balaban J connectivity index is 1.45. The molecule has 0 bridgehead atoms. The molecule has 9 heteroatoms. The van der Waals surface area contributed by atoms with Gasteiger partial charge in [-0.05, 0) is 49.6 Å². The zero-order valence-electron chi connectivity index (χ0n) is 18.6. The monoisotopic (exact) mass is 470 g/mol. The zero-order valence-corrected chi connectivity index (χ0v) is 19.4. The number of piperidine rings is 1. The summed E-state index contributed by atoms with van der Waals surface area (Å²) in [5, 5.41) is 3.04. The third-order valence-electron chi connectivity index (χ3n) is 6.09. The number of carbonyl (C=O) groups excluding carboxylic acids is 1. The SMILES string of the molecule is Cc1ccc(S(=O)(=O)N2CCC(C(=O)N[C@@H](c3ccc(F)cc3)c3nccn3C)CC2)cc1. The summed E-state index contributed by atoms with van der Waals surface area (Å²) in [5.41, 5.74) is 1.71. The molecule has 1 saturated heterocycles. The van der Waals surface area contributed by atoms with E-state index in [4.69, 9.17) is 0 Å². The maximum atomic E-state index is 13.4. The molecule has 4 rings (SSSR count). The van der Waals surface area contributed by atoms with Crippen LogP contribution in [0.4, 0.5) is 4.39 Å². The Kier molecular flexibility index (Phi) is 6.62. The van der Waals surface area contributed by atoms with Gasteiger partial charge in [0.05, 0.1) is 4.90 Å². The van der Waals surface area contributed by atoms with Gasteiger partial charge in [0.2, 0.25) is 15.9 Å². The van der Waals surface area contributed by atoms with Gasteiger partial charge in [-0.15, -0.1) is 0 Å². The highest BCUT2D eigenvalue weighted by Crippen LogP contribution is 2.26.